The predicted octanol–water partition coefficient (Wildman–Crippen LogP) is 4.68. The van der Waals surface area contributed by atoms with Crippen LogP contribution in [-0.4, -0.2) is 5.91 Å². The van der Waals surface area contributed by atoms with Crippen molar-refractivity contribution in [1.82, 2.24) is 5.32 Å². The maximum atomic E-state index is 11.9. The minimum absolute atomic E-state index is 0.208. The highest BCUT2D eigenvalue weighted by atomic mass is 79.9. The molecule has 0 aliphatic rings. The Balaban J connectivity index is 1.66. The van der Waals surface area contributed by atoms with Crippen LogP contribution in [-0.2, 0) is 4.79 Å². The van der Waals surface area contributed by atoms with Crippen molar-refractivity contribution in [3.63, 3.8) is 0 Å². The van der Waals surface area contributed by atoms with Gasteiger partial charge in [-0.1, -0.05) is 18.2 Å². The molecule has 2 heterocycles. The number of fused-ring (bicyclic) bond motifs is 1. The van der Waals surface area contributed by atoms with E-state index in [2.05, 4.69) is 21.2 Å². The average molecular weight is 360 g/mol. The smallest absolute Gasteiger partial charge is 0.244 e. The van der Waals surface area contributed by atoms with Crippen molar-refractivity contribution < 1.29 is 13.6 Å². The Labute approximate surface area is 135 Å². The minimum Gasteiger partial charge on any atom is -0.459 e. The van der Waals surface area contributed by atoms with Crippen LogP contribution in [0.25, 0.3) is 17.0 Å². The highest BCUT2D eigenvalue weighted by Crippen LogP contribution is 2.23. The van der Waals surface area contributed by atoms with E-state index in [1.807, 2.05) is 37.3 Å². The summed E-state index contributed by atoms with van der Waals surface area (Å²) in [7, 11) is 0. The molecule has 0 saturated carbocycles. The maximum Gasteiger partial charge on any atom is 0.244 e. The fraction of sp³-hybridized carbons (Fsp3) is 0.118. The number of para-hydroxylation sites is 1. The van der Waals surface area contributed by atoms with E-state index in [0.717, 1.165) is 16.7 Å². The topological polar surface area (TPSA) is 55.4 Å². The molecule has 112 valence electrons. The monoisotopic (exact) mass is 359 g/mol. The largest absolute Gasteiger partial charge is 0.459 e. The number of benzene rings is 1. The molecule has 5 heteroatoms. The number of nitrogens with one attached hydrogen (secondary N) is 1. The molecule has 0 aliphatic heterocycles. The fourth-order valence-corrected chi connectivity index (χ4v) is 2.44. The molecule has 0 aliphatic carbocycles. The molecule has 3 aromatic rings. The number of carbonyl (C=O) groups excluding carboxylic acids is 1. The third-order valence-corrected chi connectivity index (χ3v) is 3.65. The first kappa shape index (κ1) is 14.7. The number of hydrogen-bond donors (Lipinski definition) is 1. The third kappa shape index (κ3) is 3.31. The van der Waals surface area contributed by atoms with Crippen LogP contribution in [0.4, 0.5) is 0 Å². The molecule has 0 bridgehead atoms. The highest BCUT2D eigenvalue weighted by Gasteiger charge is 2.12. The summed E-state index contributed by atoms with van der Waals surface area (Å²) in [6.45, 7) is 1.88. The number of carbonyl (C=O) groups is 1. The molecule has 1 N–H and O–H groups in total. The van der Waals surface area contributed by atoms with Gasteiger partial charge in [-0.05, 0) is 53.2 Å². The van der Waals surface area contributed by atoms with Gasteiger partial charge in [0.2, 0.25) is 5.91 Å². The van der Waals surface area contributed by atoms with Crippen molar-refractivity contribution in [2.75, 3.05) is 0 Å². The Morgan fingerprint density at radius 1 is 1.23 bits per heavy atom. The molecule has 0 fully saturated rings. The predicted molar refractivity (Wildman–Crippen MR) is 88.2 cm³/mol. The van der Waals surface area contributed by atoms with E-state index < -0.39 is 0 Å². The molecule has 0 radical (unpaired) electrons. The lowest BCUT2D eigenvalue weighted by atomic mass is 10.2. The van der Waals surface area contributed by atoms with Crippen molar-refractivity contribution in [3.05, 3.63) is 64.7 Å². The second-order valence-corrected chi connectivity index (χ2v) is 5.67. The van der Waals surface area contributed by atoms with E-state index in [4.69, 9.17) is 8.83 Å². The van der Waals surface area contributed by atoms with Crippen molar-refractivity contribution in [1.29, 1.82) is 0 Å². The van der Waals surface area contributed by atoms with Gasteiger partial charge in [-0.25, -0.2) is 0 Å². The normalized spacial score (nSPS) is 12.8. The van der Waals surface area contributed by atoms with Crippen LogP contribution in [0.2, 0.25) is 0 Å². The first-order valence-electron chi connectivity index (χ1n) is 6.84. The Morgan fingerprint density at radius 2 is 2.05 bits per heavy atom. The molecule has 1 unspecified atom stereocenters. The summed E-state index contributed by atoms with van der Waals surface area (Å²) in [5, 5.41) is 3.88. The molecule has 1 amide bonds. The van der Waals surface area contributed by atoms with Gasteiger partial charge < -0.3 is 14.2 Å². The van der Waals surface area contributed by atoms with Crippen LogP contribution in [0.15, 0.2) is 62.0 Å². The number of furan rings is 2. The zero-order valence-electron chi connectivity index (χ0n) is 11.9. The van der Waals surface area contributed by atoms with E-state index in [1.165, 1.54) is 6.08 Å². The van der Waals surface area contributed by atoms with Gasteiger partial charge in [0.1, 0.15) is 17.1 Å². The zero-order valence-corrected chi connectivity index (χ0v) is 13.5. The van der Waals surface area contributed by atoms with Crippen LogP contribution in [0.1, 0.15) is 24.5 Å². The van der Waals surface area contributed by atoms with Gasteiger partial charge in [0, 0.05) is 11.5 Å². The van der Waals surface area contributed by atoms with E-state index in [1.54, 1.807) is 18.2 Å². The lowest BCUT2D eigenvalue weighted by Gasteiger charge is -2.08. The van der Waals surface area contributed by atoms with E-state index >= 15 is 0 Å². The molecule has 0 spiro atoms. The highest BCUT2D eigenvalue weighted by molar-refractivity contribution is 9.10. The molecular formula is C17H14BrNO3. The average Bonchev–Trinajstić information content (AvgIpc) is 3.11. The van der Waals surface area contributed by atoms with E-state index in [0.29, 0.717) is 10.4 Å². The number of rotatable bonds is 4. The Hall–Kier alpha value is -2.27. The van der Waals surface area contributed by atoms with Gasteiger partial charge in [-0.3, -0.25) is 4.79 Å². The molecule has 4 nitrogen and oxygen atoms in total. The number of hydrogen-bond acceptors (Lipinski definition) is 3. The standard InChI is InChI=1S/C17H14BrNO3/c1-11(15-10-12-4-2-3-5-14(12)22-15)19-17(20)9-7-13-6-8-16(18)21-13/h2-11H,1H3,(H,19,20)/b9-7+. The summed E-state index contributed by atoms with van der Waals surface area (Å²) in [5.74, 6) is 1.13. The molecule has 1 atom stereocenters. The zero-order chi connectivity index (χ0) is 15.5. The van der Waals surface area contributed by atoms with E-state index in [9.17, 15) is 4.79 Å². The first-order valence-corrected chi connectivity index (χ1v) is 7.63. The molecule has 3 rings (SSSR count). The van der Waals surface area contributed by atoms with E-state index in [-0.39, 0.29) is 11.9 Å². The molecule has 0 saturated heterocycles. The quantitative estimate of drug-likeness (QED) is 0.688. The lowest BCUT2D eigenvalue weighted by Crippen LogP contribution is -2.24. The SMILES string of the molecule is CC(NC(=O)/C=C/c1ccc(Br)o1)c1cc2ccccc2o1. The van der Waals surface area contributed by atoms with Gasteiger partial charge in [0.15, 0.2) is 4.67 Å². The summed E-state index contributed by atoms with van der Waals surface area (Å²) >= 11 is 3.21. The van der Waals surface area contributed by atoms with Gasteiger partial charge in [-0.15, -0.1) is 0 Å². The second kappa shape index (κ2) is 6.23. The molecular weight excluding hydrogens is 346 g/mol. The number of halogens is 1. The Morgan fingerprint density at radius 3 is 2.77 bits per heavy atom. The Bertz CT molecular complexity index is 798. The molecule has 22 heavy (non-hydrogen) atoms. The van der Waals surface area contributed by atoms with Gasteiger partial charge in [0.05, 0.1) is 6.04 Å². The van der Waals surface area contributed by atoms with Crippen molar-refractivity contribution in [2.45, 2.75) is 13.0 Å². The van der Waals surface area contributed by atoms with Crippen molar-refractivity contribution in [2.24, 2.45) is 0 Å². The lowest BCUT2D eigenvalue weighted by molar-refractivity contribution is -0.117. The Kier molecular flexibility index (Phi) is 4.15. The van der Waals surface area contributed by atoms with Crippen LogP contribution in [0, 0.1) is 0 Å². The van der Waals surface area contributed by atoms with Gasteiger partial charge in [-0.2, -0.15) is 0 Å². The summed E-state index contributed by atoms with van der Waals surface area (Å²) in [6, 6.07) is 13.0. The molecule has 2 aromatic heterocycles. The summed E-state index contributed by atoms with van der Waals surface area (Å²) in [6.07, 6.45) is 3.05. The van der Waals surface area contributed by atoms with Crippen LogP contribution in [0.3, 0.4) is 0 Å². The van der Waals surface area contributed by atoms with Crippen LogP contribution in [0.5, 0.6) is 0 Å². The summed E-state index contributed by atoms with van der Waals surface area (Å²) < 4.78 is 11.7. The van der Waals surface area contributed by atoms with Crippen LogP contribution < -0.4 is 5.32 Å². The van der Waals surface area contributed by atoms with Crippen LogP contribution >= 0.6 is 15.9 Å². The van der Waals surface area contributed by atoms with Crippen molar-refractivity contribution >= 4 is 38.9 Å². The van der Waals surface area contributed by atoms with Gasteiger partial charge in [0.25, 0.3) is 0 Å². The van der Waals surface area contributed by atoms with Gasteiger partial charge >= 0.3 is 0 Å². The maximum absolute atomic E-state index is 11.9. The first-order chi connectivity index (χ1) is 10.6. The number of amides is 1. The fourth-order valence-electron chi connectivity index (χ4n) is 2.12. The van der Waals surface area contributed by atoms with Crippen molar-refractivity contribution in [3.8, 4) is 0 Å². The second-order valence-electron chi connectivity index (χ2n) is 4.89. The molecule has 1 aromatic carbocycles. The minimum atomic E-state index is -0.215. The summed E-state index contributed by atoms with van der Waals surface area (Å²) in [4.78, 5) is 11.9. The third-order valence-electron chi connectivity index (χ3n) is 3.22. The summed E-state index contributed by atoms with van der Waals surface area (Å²) in [5.41, 5.74) is 0.814.